The number of nitrogens with zero attached hydrogens (tertiary/aromatic N) is 5. The summed E-state index contributed by atoms with van der Waals surface area (Å²) in [6.45, 7) is 2.47. The lowest BCUT2D eigenvalue weighted by atomic mass is 9.97. The minimum Gasteiger partial charge on any atom is -0.332 e. The fourth-order valence-electron chi connectivity index (χ4n) is 3.50. The third-order valence-corrected chi connectivity index (χ3v) is 4.78. The zero-order valence-corrected chi connectivity index (χ0v) is 13.4. The topological polar surface area (TPSA) is 77.1 Å². The van der Waals surface area contributed by atoms with Crippen molar-refractivity contribution in [2.24, 2.45) is 0 Å². The fraction of sp³-hybridized carbons (Fsp3) is 0.222. The highest BCUT2D eigenvalue weighted by Gasteiger charge is 2.42. The van der Waals surface area contributed by atoms with Gasteiger partial charge in [-0.2, -0.15) is 4.98 Å². The van der Waals surface area contributed by atoms with Crippen molar-refractivity contribution >= 4 is 5.91 Å². The second kappa shape index (κ2) is 4.80. The fourth-order valence-corrected chi connectivity index (χ4v) is 3.50. The smallest absolute Gasteiger partial charge is 0.278 e. The van der Waals surface area contributed by atoms with E-state index in [4.69, 9.17) is 10.9 Å². The number of hydrogen-bond acceptors (Lipinski definition) is 5. The van der Waals surface area contributed by atoms with Crippen LogP contribution in [0.25, 0.3) is 17.3 Å². The molecule has 0 saturated carbocycles. The molecule has 1 atom stereocenters. The van der Waals surface area contributed by atoms with Gasteiger partial charge >= 0.3 is 0 Å². The van der Waals surface area contributed by atoms with Gasteiger partial charge in [0.05, 0.1) is 23.0 Å². The third kappa shape index (κ3) is 1.82. The van der Waals surface area contributed by atoms with Crippen LogP contribution in [-0.2, 0) is 0 Å². The van der Waals surface area contributed by atoms with Crippen LogP contribution in [0.15, 0.2) is 29.0 Å². The molecule has 0 N–H and O–H groups in total. The van der Waals surface area contributed by atoms with Gasteiger partial charge in [-0.15, -0.1) is 6.42 Å². The SMILES string of the molecule is C#Cc1ccc2c(c1)C(=O)N1CC[C@H]1c1c(-c3nc(C)no3)ncn1-2. The maximum Gasteiger partial charge on any atom is 0.278 e. The molecule has 2 aliphatic heterocycles. The Labute approximate surface area is 143 Å². The van der Waals surface area contributed by atoms with Gasteiger partial charge < -0.3 is 9.42 Å². The van der Waals surface area contributed by atoms with Gasteiger partial charge in [-0.25, -0.2) is 4.98 Å². The van der Waals surface area contributed by atoms with E-state index in [1.54, 1.807) is 19.3 Å². The lowest BCUT2D eigenvalue weighted by Gasteiger charge is -2.39. The summed E-state index contributed by atoms with van der Waals surface area (Å²) in [5.74, 6) is 3.49. The van der Waals surface area contributed by atoms with Crippen LogP contribution in [0.2, 0.25) is 0 Å². The Morgan fingerprint density at radius 2 is 2.28 bits per heavy atom. The second-order valence-corrected chi connectivity index (χ2v) is 6.17. The number of rotatable bonds is 1. The Hall–Kier alpha value is -3.40. The van der Waals surface area contributed by atoms with Crippen molar-refractivity contribution in [2.75, 3.05) is 6.54 Å². The molecule has 0 bridgehead atoms. The lowest BCUT2D eigenvalue weighted by molar-refractivity contribution is 0.0461. The van der Waals surface area contributed by atoms with E-state index in [-0.39, 0.29) is 11.9 Å². The number of aromatic nitrogens is 4. The van der Waals surface area contributed by atoms with E-state index in [0.29, 0.717) is 35.1 Å². The second-order valence-electron chi connectivity index (χ2n) is 6.17. The summed E-state index contributed by atoms with van der Waals surface area (Å²) in [7, 11) is 0. The van der Waals surface area contributed by atoms with Crippen LogP contribution in [-0.4, -0.2) is 37.0 Å². The van der Waals surface area contributed by atoms with Crippen molar-refractivity contribution < 1.29 is 9.32 Å². The number of fused-ring (bicyclic) bond motifs is 5. The number of carbonyl (C=O) groups excluding carboxylic acids is 1. The Bertz CT molecular complexity index is 1070. The summed E-state index contributed by atoms with van der Waals surface area (Å²) < 4.78 is 7.24. The normalized spacial score (nSPS) is 17.8. The van der Waals surface area contributed by atoms with Gasteiger partial charge in [-0.05, 0) is 31.5 Å². The number of amides is 1. The first-order valence-electron chi connectivity index (χ1n) is 7.97. The molecule has 7 heteroatoms. The molecule has 5 rings (SSSR count). The zero-order chi connectivity index (χ0) is 17.1. The lowest BCUT2D eigenvalue weighted by Crippen LogP contribution is -2.44. The Morgan fingerprint density at radius 1 is 1.40 bits per heavy atom. The number of terminal acetylenes is 1. The molecule has 0 spiro atoms. The summed E-state index contributed by atoms with van der Waals surface area (Å²) in [4.78, 5) is 23.6. The number of aryl methyl sites for hydroxylation is 1. The van der Waals surface area contributed by atoms with Gasteiger partial charge in [0.1, 0.15) is 6.33 Å². The largest absolute Gasteiger partial charge is 0.332 e. The molecule has 25 heavy (non-hydrogen) atoms. The van der Waals surface area contributed by atoms with Crippen LogP contribution >= 0.6 is 0 Å². The van der Waals surface area contributed by atoms with Crippen LogP contribution in [0.4, 0.5) is 0 Å². The molecule has 0 unspecified atom stereocenters. The number of hydrogen-bond donors (Lipinski definition) is 0. The van der Waals surface area contributed by atoms with E-state index in [0.717, 1.165) is 17.8 Å². The summed E-state index contributed by atoms with van der Waals surface area (Å²) in [6.07, 6.45) is 8.07. The van der Waals surface area contributed by atoms with E-state index < -0.39 is 0 Å². The summed E-state index contributed by atoms with van der Waals surface area (Å²) in [5.41, 5.74) is 3.56. The molecule has 0 aliphatic carbocycles. The monoisotopic (exact) mass is 331 g/mol. The van der Waals surface area contributed by atoms with Gasteiger partial charge in [-0.1, -0.05) is 11.1 Å². The first kappa shape index (κ1) is 14.0. The molecular weight excluding hydrogens is 318 g/mol. The standard InChI is InChI=1S/C18H13N5O2/c1-3-11-4-5-13-12(8-11)18(24)22-7-6-14(22)16-15(19-9-23(13)16)17-20-10(2)21-25-17/h1,4-5,8-9,14H,6-7H2,2H3/t14-/m0/s1. The van der Waals surface area contributed by atoms with E-state index in [1.807, 2.05) is 21.6 Å². The number of imidazole rings is 1. The van der Waals surface area contributed by atoms with Crippen molar-refractivity contribution in [1.82, 2.24) is 24.6 Å². The predicted octanol–water partition coefficient (Wildman–Crippen LogP) is 2.11. The molecule has 2 aromatic heterocycles. The molecule has 4 heterocycles. The van der Waals surface area contributed by atoms with E-state index >= 15 is 0 Å². The van der Waals surface area contributed by atoms with Gasteiger partial charge in [0.25, 0.3) is 11.8 Å². The van der Waals surface area contributed by atoms with Crippen LogP contribution in [0.5, 0.6) is 0 Å². The van der Waals surface area contributed by atoms with Crippen LogP contribution in [0.1, 0.15) is 39.9 Å². The van der Waals surface area contributed by atoms with E-state index in [9.17, 15) is 4.79 Å². The van der Waals surface area contributed by atoms with Crippen LogP contribution in [0.3, 0.4) is 0 Å². The minimum absolute atomic E-state index is 0.0142. The number of carbonyl (C=O) groups is 1. The third-order valence-electron chi connectivity index (χ3n) is 4.78. The maximum atomic E-state index is 13.0. The average Bonchev–Trinajstić information content (AvgIpc) is 3.18. The molecule has 3 aromatic rings. The molecule has 1 amide bonds. The highest BCUT2D eigenvalue weighted by molar-refractivity contribution is 5.99. The Morgan fingerprint density at radius 3 is 2.96 bits per heavy atom. The van der Waals surface area contributed by atoms with E-state index in [2.05, 4.69) is 21.0 Å². The molecule has 1 aromatic carbocycles. The van der Waals surface area contributed by atoms with Crippen molar-refractivity contribution in [3.63, 3.8) is 0 Å². The summed E-state index contributed by atoms with van der Waals surface area (Å²) >= 11 is 0. The van der Waals surface area contributed by atoms with Crippen molar-refractivity contribution in [2.45, 2.75) is 19.4 Å². The van der Waals surface area contributed by atoms with Gasteiger partial charge in [0, 0.05) is 12.1 Å². The average molecular weight is 331 g/mol. The molecule has 0 radical (unpaired) electrons. The highest BCUT2D eigenvalue weighted by Crippen LogP contribution is 2.43. The van der Waals surface area contributed by atoms with Crippen LogP contribution in [0, 0.1) is 19.3 Å². The molecular formula is C18H13N5O2. The van der Waals surface area contributed by atoms with Gasteiger partial charge in [-0.3, -0.25) is 9.36 Å². The molecule has 7 nitrogen and oxygen atoms in total. The Kier molecular flexibility index (Phi) is 2.69. The number of benzene rings is 1. The van der Waals surface area contributed by atoms with Crippen molar-refractivity contribution in [3.8, 4) is 29.6 Å². The zero-order valence-electron chi connectivity index (χ0n) is 13.4. The summed E-state index contributed by atoms with van der Waals surface area (Å²) in [6, 6.07) is 5.40. The first-order chi connectivity index (χ1) is 12.2. The van der Waals surface area contributed by atoms with Gasteiger partial charge in [0.2, 0.25) is 0 Å². The highest BCUT2D eigenvalue weighted by atomic mass is 16.5. The summed E-state index contributed by atoms with van der Waals surface area (Å²) in [5, 5.41) is 3.85. The Balaban J connectivity index is 1.78. The minimum atomic E-state index is -0.0566. The first-order valence-corrected chi connectivity index (χ1v) is 7.97. The predicted molar refractivity (Wildman–Crippen MR) is 87.9 cm³/mol. The van der Waals surface area contributed by atoms with Crippen molar-refractivity contribution in [1.29, 1.82) is 0 Å². The van der Waals surface area contributed by atoms with Crippen molar-refractivity contribution in [3.05, 3.63) is 47.2 Å². The maximum absolute atomic E-state index is 13.0. The van der Waals surface area contributed by atoms with Crippen LogP contribution < -0.4 is 0 Å². The molecule has 122 valence electrons. The van der Waals surface area contributed by atoms with E-state index in [1.165, 1.54) is 0 Å². The molecule has 1 fully saturated rings. The van der Waals surface area contributed by atoms with Gasteiger partial charge in [0.15, 0.2) is 11.5 Å². The molecule has 2 aliphatic rings. The quantitative estimate of drug-likeness (QED) is 0.638. The molecule has 1 saturated heterocycles.